The molecule has 6 nitrogen and oxygen atoms in total. The third-order valence-electron chi connectivity index (χ3n) is 6.65. The number of nitrogens with zero attached hydrogens (tertiary/aromatic N) is 3. The standard InChI is InChI=1S/C29H36N3O3S/c1-3-4-5-12-20-34-28-27(30-36-31-28)25-18-13-19-32(2,22-25)29(24-16-10-7-11-17-24)35-26(33)21-23-14-8-6-9-15-23/h6-11,14-18,29H,3-5,12-13,19-22H2,1-2H3/q+1. The van der Waals surface area contributed by atoms with Crippen LogP contribution in [0, 0.1) is 0 Å². The van der Waals surface area contributed by atoms with Crippen molar-refractivity contribution >= 4 is 23.3 Å². The third kappa shape index (κ3) is 6.80. The Balaban J connectivity index is 1.51. The minimum atomic E-state index is -0.420. The van der Waals surface area contributed by atoms with Crippen LogP contribution in [0.4, 0.5) is 0 Å². The Morgan fingerprint density at radius 1 is 1.03 bits per heavy atom. The molecule has 190 valence electrons. The summed E-state index contributed by atoms with van der Waals surface area (Å²) in [6.07, 6.45) is 7.52. The molecule has 0 spiro atoms. The number of esters is 1. The fourth-order valence-corrected chi connectivity index (χ4v) is 5.24. The predicted molar refractivity (Wildman–Crippen MR) is 143 cm³/mol. The number of unbranched alkanes of at least 4 members (excludes halogenated alkanes) is 3. The molecule has 2 atom stereocenters. The monoisotopic (exact) mass is 506 g/mol. The largest absolute Gasteiger partial charge is 0.475 e. The van der Waals surface area contributed by atoms with Crippen molar-refractivity contribution in [3.8, 4) is 5.88 Å². The molecule has 0 aliphatic carbocycles. The lowest BCUT2D eigenvalue weighted by Gasteiger charge is -2.42. The van der Waals surface area contributed by atoms with Gasteiger partial charge in [0.25, 0.3) is 12.1 Å². The molecule has 2 aromatic carbocycles. The molecule has 2 heterocycles. The second-order valence-electron chi connectivity index (χ2n) is 9.62. The highest BCUT2D eigenvalue weighted by molar-refractivity contribution is 6.99. The van der Waals surface area contributed by atoms with Gasteiger partial charge < -0.3 is 9.47 Å². The quantitative estimate of drug-likeness (QED) is 0.166. The minimum Gasteiger partial charge on any atom is -0.475 e. The van der Waals surface area contributed by atoms with E-state index in [1.54, 1.807) is 0 Å². The molecule has 7 heteroatoms. The Kier molecular flexibility index (Phi) is 9.25. The second-order valence-corrected chi connectivity index (χ2v) is 10.1. The summed E-state index contributed by atoms with van der Waals surface area (Å²) < 4.78 is 21.8. The smallest absolute Gasteiger partial charge is 0.315 e. The SMILES string of the molecule is CCCCCCOc1nsnc1C1=CCC[N+](C)(C(OC(=O)Cc2ccccc2)c2ccccc2)C1. The number of carbonyl (C=O) groups is 1. The van der Waals surface area contributed by atoms with Crippen molar-refractivity contribution < 1.29 is 18.8 Å². The van der Waals surface area contributed by atoms with Crippen LogP contribution >= 0.6 is 11.7 Å². The molecule has 36 heavy (non-hydrogen) atoms. The Morgan fingerprint density at radius 3 is 2.53 bits per heavy atom. The normalized spacial score (nSPS) is 18.3. The zero-order valence-corrected chi connectivity index (χ0v) is 22.1. The molecule has 0 bridgehead atoms. The number of hydrogen-bond acceptors (Lipinski definition) is 6. The summed E-state index contributed by atoms with van der Waals surface area (Å²) in [5.74, 6) is 0.394. The first-order valence-corrected chi connectivity index (χ1v) is 13.6. The van der Waals surface area contributed by atoms with E-state index >= 15 is 0 Å². The van der Waals surface area contributed by atoms with Gasteiger partial charge in [-0.05, 0) is 24.1 Å². The maximum absolute atomic E-state index is 13.1. The summed E-state index contributed by atoms with van der Waals surface area (Å²) in [6.45, 7) is 4.39. The van der Waals surface area contributed by atoms with Crippen LogP contribution in [-0.2, 0) is 16.0 Å². The number of quaternary nitrogens is 1. The number of carbonyl (C=O) groups excluding carboxylic acids is 1. The van der Waals surface area contributed by atoms with E-state index in [2.05, 4.69) is 28.8 Å². The second kappa shape index (κ2) is 12.8. The first-order valence-electron chi connectivity index (χ1n) is 12.9. The number of hydrogen-bond donors (Lipinski definition) is 0. The van der Waals surface area contributed by atoms with Crippen LogP contribution in [0.3, 0.4) is 0 Å². The number of likely N-dealkylation sites (N-methyl/N-ethyl adjacent to an activating group) is 1. The lowest BCUT2D eigenvalue weighted by Crippen LogP contribution is -2.51. The molecule has 1 aromatic heterocycles. The van der Waals surface area contributed by atoms with Gasteiger partial charge in [-0.25, -0.2) is 0 Å². The average Bonchev–Trinajstić information content (AvgIpc) is 3.37. The topological polar surface area (TPSA) is 61.3 Å². The van der Waals surface area contributed by atoms with E-state index in [9.17, 15) is 4.79 Å². The van der Waals surface area contributed by atoms with Gasteiger partial charge in [-0.15, -0.1) is 4.37 Å². The van der Waals surface area contributed by atoms with E-state index < -0.39 is 6.23 Å². The van der Waals surface area contributed by atoms with Crippen molar-refractivity contribution in [2.75, 3.05) is 26.7 Å². The summed E-state index contributed by atoms with van der Waals surface area (Å²) in [5, 5.41) is 0. The van der Waals surface area contributed by atoms with Gasteiger partial charge >= 0.3 is 5.97 Å². The zero-order chi connectivity index (χ0) is 25.2. The number of ether oxygens (including phenoxy) is 2. The summed E-state index contributed by atoms with van der Waals surface area (Å²) in [4.78, 5) is 13.1. The highest BCUT2D eigenvalue weighted by atomic mass is 32.1. The van der Waals surface area contributed by atoms with Crippen molar-refractivity contribution in [3.63, 3.8) is 0 Å². The molecule has 3 aromatic rings. The summed E-state index contributed by atoms with van der Waals surface area (Å²) in [7, 11) is 2.16. The van der Waals surface area contributed by atoms with Gasteiger partial charge in [0, 0.05) is 12.0 Å². The first-order chi connectivity index (χ1) is 17.6. The van der Waals surface area contributed by atoms with Crippen LogP contribution in [0.25, 0.3) is 5.57 Å². The van der Waals surface area contributed by atoms with Gasteiger partial charge in [0.2, 0.25) is 0 Å². The van der Waals surface area contributed by atoms with Crippen molar-refractivity contribution in [1.82, 2.24) is 8.75 Å². The summed E-state index contributed by atoms with van der Waals surface area (Å²) in [5.41, 5.74) is 3.86. The van der Waals surface area contributed by atoms with Gasteiger partial charge in [0.15, 0.2) is 0 Å². The van der Waals surface area contributed by atoms with Gasteiger partial charge in [-0.2, -0.15) is 4.37 Å². The molecular weight excluding hydrogens is 470 g/mol. The van der Waals surface area contributed by atoms with Crippen molar-refractivity contribution in [1.29, 1.82) is 0 Å². The lowest BCUT2D eigenvalue weighted by atomic mass is 10.0. The van der Waals surface area contributed by atoms with Gasteiger partial charge in [-0.1, -0.05) is 80.8 Å². The first kappa shape index (κ1) is 26.0. The zero-order valence-electron chi connectivity index (χ0n) is 21.3. The molecule has 0 radical (unpaired) electrons. The van der Waals surface area contributed by atoms with Crippen LogP contribution in [-0.4, -0.2) is 45.9 Å². The molecule has 0 fully saturated rings. The van der Waals surface area contributed by atoms with E-state index in [-0.39, 0.29) is 12.4 Å². The highest BCUT2D eigenvalue weighted by Gasteiger charge is 2.40. The predicted octanol–water partition coefficient (Wildman–Crippen LogP) is 6.22. The van der Waals surface area contributed by atoms with E-state index in [0.717, 1.165) is 48.2 Å². The Bertz CT molecular complexity index is 1130. The number of rotatable bonds is 12. The molecule has 1 aliphatic heterocycles. The number of aromatic nitrogens is 2. The molecule has 2 unspecified atom stereocenters. The van der Waals surface area contributed by atoms with Crippen LogP contribution in [0.15, 0.2) is 66.7 Å². The maximum atomic E-state index is 13.1. The van der Waals surface area contributed by atoms with Crippen LogP contribution in [0.2, 0.25) is 0 Å². The Hall–Kier alpha value is -3.03. The van der Waals surface area contributed by atoms with Crippen molar-refractivity contribution in [2.24, 2.45) is 0 Å². The van der Waals surface area contributed by atoms with Gasteiger partial charge in [0.05, 0.1) is 43.9 Å². The molecule has 0 amide bonds. The summed E-state index contributed by atoms with van der Waals surface area (Å²) >= 11 is 1.19. The summed E-state index contributed by atoms with van der Waals surface area (Å²) in [6, 6.07) is 19.8. The lowest BCUT2D eigenvalue weighted by molar-refractivity contribution is -0.953. The van der Waals surface area contributed by atoms with Gasteiger partial charge in [-0.3, -0.25) is 9.28 Å². The van der Waals surface area contributed by atoms with Crippen LogP contribution in [0.1, 0.15) is 62.1 Å². The van der Waals surface area contributed by atoms with Gasteiger partial charge in [0.1, 0.15) is 12.2 Å². The number of benzene rings is 2. The third-order valence-corrected chi connectivity index (χ3v) is 7.16. The van der Waals surface area contributed by atoms with E-state index in [1.165, 1.54) is 24.6 Å². The molecule has 1 aliphatic rings. The molecule has 0 saturated carbocycles. The van der Waals surface area contributed by atoms with E-state index in [4.69, 9.17) is 9.47 Å². The fourth-order valence-electron chi connectivity index (χ4n) is 4.71. The van der Waals surface area contributed by atoms with E-state index in [0.29, 0.717) is 23.5 Å². The Labute approximate surface area is 218 Å². The fraction of sp³-hybridized carbons (Fsp3) is 0.414. The van der Waals surface area contributed by atoms with Crippen molar-refractivity contribution in [2.45, 2.75) is 51.7 Å². The molecule has 4 rings (SSSR count). The maximum Gasteiger partial charge on any atom is 0.315 e. The highest BCUT2D eigenvalue weighted by Crippen LogP contribution is 2.37. The molecule has 0 N–H and O–H groups in total. The average molecular weight is 507 g/mol. The molecule has 0 saturated heterocycles. The van der Waals surface area contributed by atoms with Crippen molar-refractivity contribution in [3.05, 3.63) is 83.6 Å². The molecular formula is C29H36N3O3S+. The van der Waals surface area contributed by atoms with Crippen LogP contribution in [0.5, 0.6) is 5.88 Å². The van der Waals surface area contributed by atoms with Crippen LogP contribution < -0.4 is 4.74 Å². The minimum absolute atomic E-state index is 0.225. The van der Waals surface area contributed by atoms with E-state index in [1.807, 2.05) is 60.7 Å². The Morgan fingerprint density at radius 2 is 1.78 bits per heavy atom.